The van der Waals surface area contributed by atoms with Crippen molar-refractivity contribution in [3.8, 4) is 0 Å². The summed E-state index contributed by atoms with van der Waals surface area (Å²) >= 11 is 0. The van der Waals surface area contributed by atoms with Crippen molar-refractivity contribution < 1.29 is 54.8 Å². The second-order valence-electron chi connectivity index (χ2n) is 5.16. The topological polar surface area (TPSA) is 186 Å². The fraction of sp³-hybridized carbons (Fsp3) is 0.750. The number of carbonyl (C=O) groups excluding carboxylic acids is 1. The van der Waals surface area contributed by atoms with Gasteiger partial charge in [-0.3, -0.25) is 0 Å². The van der Waals surface area contributed by atoms with Crippen LogP contribution in [0.4, 0.5) is 0 Å². The number of ether oxygens (including phenoxy) is 3. The van der Waals surface area contributed by atoms with Crippen molar-refractivity contribution in [1.82, 2.24) is 0 Å². The number of esters is 1. The Kier molecular flexibility index (Phi) is 5.41. The summed E-state index contributed by atoms with van der Waals surface area (Å²) in [5.74, 6) is -3.10. The van der Waals surface area contributed by atoms with Crippen molar-refractivity contribution in [2.75, 3.05) is 13.2 Å². The van der Waals surface area contributed by atoms with Gasteiger partial charge in [0.25, 0.3) is 0 Å². The lowest BCUT2D eigenvalue weighted by Crippen LogP contribution is -2.59. The van der Waals surface area contributed by atoms with E-state index in [4.69, 9.17) is 19.7 Å². The summed E-state index contributed by atoms with van der Waals surface area (Å²) in [6.07, 6.45) is -10.7. The summed E-state index contributed by atoms with van der Waals surface area (Å²) in [6.45, 7) is -1.26. The molecule has 7 N–H and O–H groups in total. The second kappa shape index (κ2) is 6.97. The molecular formula is C12H18O11. The molecule has 11 nitrogen and oxygen atoms in total. The van der Waals surface area contributed by atoms with Crippen molar-refractivity contribution >= 4 is 5.97 Å². The Morgan fingerprint density at radius 3 is 2.30 bits per heavy atom. The van der Waals surface area contributed by atoms with Gasteiger partial charge in [-0.15, -0.1) is 0 Å². The van der Waals surface area contributed by atoms with Crippen molar-refractivity contribution in [2.45, 2.75) is 42.9 Å². The van der Waals surface area contributed by atoms with Crippen LogP contribution in [0.3, 0.4) is 0 Å². The van der Waals surface area contributed by atoms with E-state index in [0.29, 0.717) is 0 Å². The Balaban J connectivity index is 1.94. The van der Waals surface area contributed by atoms with Crippen LogP contribution in [0.5, 0.6) is 0 Å². The molecule has 2 aliphatic heterocycles. The maximum absolute atomic E-state index is 11.0. The van der Waals surface area contributed by atoms with Crippen LogP contribution in [0.1, 0.15) is 0 Å². The molecule has 1 saturated heterocycles. The van der Waals surface area contributed by atoms with Crippen molar-refractivity contribution in [3.05, 3.63) is 11.5 Å². The molecule has 0 bridgehead atoms. The lowest BCUT2D eigenvalue weighted by molar-refractivity contribution is -0.305. The zero-order valence-corrected chi connectivity index (χ0v) is 11.7. The molecule has 0 aromatic rings. The van der Waals surface area contributed by atoms with Gasteiger partial charge in [-0.25, -0.2) is 4.79 Å². The van der Waals surface area contributed by atoms with E-state index in [2.05, 4.69) is 4.74 Å². The molecule has 1 fully saturated rings. The van der Waals surface area contributed by atoms with Crippen molar-refractivity contribution in [2.24, 2.45) is 0 Å². The molecule has 0 saturated carbocycles. The van der Waals surface area contributed by atoms with Gasteiger partial charge in [-0.1, -0.05) is 0 Å². The van der Waals surface area contributed by atoms with Crippen LogP contribution < -0.4 is 0 Å². The number of aliphatic hydroxyl groups excluding tert-OH is 7. The number of rotatable bonds is 5. The van der Waals surface area contributed by atoms with E-state index in [-0.39, 0.29) is 0 Å². The van der Waals surface area contributed by atoms with Gasteiger partial charge in [-0.2, -0.15) is 0 Å². The average Bonchev–Trinajstić information content (AvgIpc) is 2.79. The third-order valence-corrected chi connectivity index (χ3v) is 3.57. The Hall–Kier alpha value is -1.47. The van der Waals surface area contributed by atoms with E-state index in [1.54, 1.807) is 0 Å². The molecule has 2 heterocycles. The highest BCUT2D eigenvalue weighted by Gasteiger charge is 2.45. The molecule has 0 aromatic heterocycles. The number of carbonyl (C=O) groups is 1. The van der Waals surface area contributed by atoms with Gasteiger partial charge in [0.05, 0.1) is 13.2 Å². The minimum Gasteiger partial charge on any atom is -0.505 e. The fourth-order valence-corrected chi connectivity index (χ4v) is 2.21. The lowest BCUT2D eigenvalue weighted by Gasteiger charge is -2.39. The first-order chi connectivity index (χ1) is 10.8. The summed E-state index contributed by atoms with van der Waals surface area (Å²) < 4.78 is 14.6. The molecule has 0 spiro atoms. The van der Waals surface area contributed by atoms with Gasteiger partial charge in [0, 0.05) is 0 Å². The van der Waals surface area contributed by atoms with Crippen molar-refractivity contribution in [3.63, 3.8) is 0 Å². The summed E-state index contributed by atoms with van der Waals surface area (Å²) in [5.41, 5.74) is 0. The van der Waals surface area contributed by atoms with Crippen LogP contribution >= 0.6 is 0 Å². The normalized spacial score (nSPS) is 39.4. The maximum Gasteiger partial charge on any atom is 0.377 e. The molecule has 2 aliphatic rings. The highest BCUT2D eigenvalue weighted by atomic mass is 16.7. The number of aliphatic hydroxyl groups is 7. The average molecular weight is 338 g/mol. The lowest BCUT2D eigenvalue weighted by atomic mass is 9.99. The van der Waals surface area contributed by atoms with Gasteiger partial charge in [0.2, 0.25) is 5.76 Å². The molecular weight excluding hydrogens is 320 g/mol. The Bertz CT molecular complexity index is 476. The minimum atomic E-state index is -1.66. The van der Waals surface area contributed by atoms with E-state index >= 15 is 0 Å². The molecule has 132 valence electrons. The summed E-state index contributed by atoms with van der Waals surface area (Å²) in [5, 5.41) is 66.3. The Morgan fingerprint density at radius 2 is 1.78 bits per heavy atom. The first-order valence-corrected chi connectivity index (χ1v) is 6.71. The van der Waals surface area contributed by atoms with Gasteiger partial charge in [0.1, 0.15) is 30.5 Å². The quantitative estimate of drug-likeness (QED) is 0.246. The molecule has 11 heteroatoms. The molecule has 0 aromatic carbocycles. The van der Waals surface area contributed by atoms with Crippen LogP contribution in [0.15, 0.2) is 11.5 Å². The van der Waals surface area contributed by atoms with E-state index < -0.39 is 73.6 Å². The van der Waals surface area contributed by atoms with E-state index in [1.807, 2.05) is 0 Å². The smallest absolute Gasteiger partial charge is 0.377 e. The second-order valence-corrected chi connectivity index (χ2v) is 5.16. The molecule has 0 amide bonds. The van der Waals surface area contributed by atoms with E-state index in [1.165, 1.54) is 0 Å². The van der Waals surface area contributed by atoms with Crippen LogP contribution in [-0.4, -0.2) is 97.8 Å². The van der Waals surface area contributed by atoms with E-state index in [9.17, 15) is 30.3 Å². The zero-order chi connectivity index (χ0) is 17.3. The predicted octanol–water partition coefficient (Wildman–Crippen LogP) is -3.58. The highest BCUT2D eigenvalue weighted by Crippen LogP contribution is 2.24. The maximum atomic E-state index is 11.0. The first-order valence-electron chi connectivity index (χ1n) is 6.71. The fourth-order valence-electron chi connectivity index (χ4n) is 2.21. The van der Waals surface area contributed by atoms with Gasteiger partial charge in [0.15, 0.2) is 18.2 Å². The zero-order valence-electron chi connectivity index (χ0n) is 11.7. The largest absolute Gasteiger partial charge is 0.505 e. The molecule has 0 radical (unpaired) electrons. The summed E-state index contributed by atoms with van der Waals surface area (Å²) in [4.78, 5) is 11.0. The molecule has 0 aliphatic carbocycles. The number of hydrogen-bond donors (Lipinski definition) is 7. The van der Waals surface area contributed by atoms with Crippen LogP contribution in [0, 0.1) is 0 Å². The van der Waals surface area contributed by atoms with Crippen LogP contribution in [0.2, 0.25) is 0 Å². The number of hydrogen-bond acceptors (Lipinski definition) is 11. The molecule has 2 rings (SSSR count). The highest BCUT2D eigenvalue weighted by molar-refractivity contribution is 5.89. The third kappa shape index (κ3) is 3.40. The standard InChI is InChI=1S/C12H18O11/c13-1-4-5(15)6(16)9(19)12(22-4)21-2-3(14)10-7(17)8(18)11(20)23-10/h3-6,9-10,12-19H,1-2H2/t3-,4+,5+,6-,9+,10+,12?/m0/s1. The third-order valence-electron chi connectivity index (χ3n) is 3.57. The monoisotopic (exact) mass is 338 g/mol. The summed E-state index contributed by atoms with van der Waals surface area (Å²) in [7, 11) is 0. The first kappa shape index (κ1) is 17.9. The Morgan fingerprint density at radius 1 is 1.13 bits per heavy atom. The molecule has 1 unspecified atom stereocenters. The molecule has 7 atom stereocenters. The summed E-state index contributed by atoms with van der Waals surface area (Å²) in [6, 6.07) is 0. The Labute approximate surface area is 129 Å². The van der Waals surface area contributed by atoms with E-state index in [0.717, 1.165) is 0 Å². The molecule has 23 heavy (non-hydrogen) atoms. The van der Waals surface area contributed by atoms with Crippen LogP contribution in [-0.2, 0) is 19.0 Å². The predicted molar refractivity (Wildman–Crippen MR) is 67.9 cm³/mol. The van der Waals surface area contributed by atoms with Gasteiger partial charge >= 0.3 is 5.97 Å². The van der Waals surface area contributed by atoms with Crippen molar-refractivity contribution in [1.29, 1.82) is 0 Å². The number of cyclic esters (lactones) is 1. The van der Waals surface area contributed by atoms with Crippen LogP contribution in [0.25, 0.3) is 0 Å². The van der Waals surface area contributed by atoms with Gasteiger partial charge in [-0.05, 0) is 0 Å². The van der Waals surface area contributed by atoms with Gasteiger partial charge < -0.3 is 50.0 Å². The SMILES string of the molecule is O=C1O[C@H]([C@@H](O)COC2O[C@H](CO)[C@@H](O)[C@H](O)[C@H]2O)C(O)=C1O. The minimum absolute atomic E-state index is 0.613.